The molecule has 10 heteroatoms. The molecule has 2 atom stereocenters. The van der Waals surface area contributed by atoms with Crippen molar-refractivity contribution in [2.75, 3.05) is 53.2 Å². The van der Waals surface area contributed by atoms with Gasteiger partial charge < -0.3 is 30.0 Å². The standard InChI is InChI=1S/C23H41N3O6S/c1-5-20(18-23(28)29)19(3)26-21(6-2)8-7-17-33-25-10-12-31-14-16-32-15-13-30-11-9-22(27)24-4/h6-8,17,19-20,25-26H,2,5,9-16,18H2,1,3-4H3,(H,24,27)(H,28,29)/b17-7+,21-8+. The highest BCUT2D eigenvalue weighted by atomic mass is 32.2. The fourth-order valence-electron chi connectivity index (χ4n) is 2.69. The van der Waals surface area contributed by atoms with Gasteiger partial charge in [0.05, 0.1) is 46.1 Å². The van der Waals surface area contributed by atoms with Gasteiger partial charge in [-0.25, -0.2) is 0 Å². The Kier molecular flexibility index (Phi) is 20.7. The highest BCUT2D eigenvalue weighted by Gasteiger charge is 2.18. The molecule has 0 bridgehead atoms. The average molecular weight is 488 g/mol. The van der Waals surface area contributed by atoms with E-state index in [9.17, 15) is 9.59 Å². The molecule has 0 aliphatic carbocycles. The van der Waals surface area contributed by atoms with Crippen LogP contribution in [0, 0.1) is 5.92 Å². The molecule has 190 valence electrons. The number of carbonyl (C=O) groups is 2. The lowest BCUT2D eigenvalue weighted by Gasteiger charge is -2.23. The van der Waals surface area contributed by atoms with Crippen molar-refractivity contribution in [2.45, 2.75) is 39.2 Å². The number of hydrogen-bond acceptors (Lipinski definition) is 8. The summed E-state index contributed by atoms with van der Waals surface area (Å²) in [4.78, 5) is 22.0. The van der Waals surface area contributed by atoms with Gasteiger partial charge in [0.25, 0.3) is 0 Å². The summed E-state index contributed by atoms with van der Waals surface area (Å²) in [5.41, 5.74) is 0.850. The Labute approximate surface area is 202 Å². The second kappa shape index (κ2) is 22.0. The van der Waals surface area contributed by atoms with Gasteiger partial charge in [0, 0.05) is 31.8 Å². The third-order valence-corrected chi connectivity index (χ3v) is 5.30. The van der Waals surface area contributed by atoms with Crippen LogP contribution in [0.15, 0.2) is 35.9 Å². The fourth-order valence-corrected chi connectivity index (χ4v) is 3.14. The summed E-state index contributed by atoms with van der Waals surface area (Å²) in [6.45, 7) is 11.4. The van der Waals surface area contributed by atoms with Gasteiger partial charge in [0.15, 0.2) is 0 Å². The number of amides is 1. The van der Waals surface area contributed by atoms with Crippen LogP contribution in [0.4, 0.5) is 0 Å². The van der Waals surface area contributed by atoms with Crippen molar-refractivity contribution in [1.29, 1.82) is 0 Å². The van der Waals surface area contributed by atoms with Crippen molar-refractivity contribution in [1.82, 2.24) is 15.4 Å². The van der Waals surface area contributed by atoms with Gasteiger partial charge in [-0.05, 0) is 30.4 Å². The Morgan fingerprint density at radius 3 is 2.30 bits per heavy atom. The molecule has 0 rings (SSSR count). The van der Waals surface area contributed by atoms with Gasteiger partial charge in [-0.1, -0.05) is 37.9 Å². The van der Waals surface area contributed by atoms with Crippen LogP contribution in [-0.2, 0) is 23.8 Å². The van der Waals surface area contributed by atoms with Crippen molar-refractivity contribution >= 4 is 23.8 Å². The van der Waals surface area contributed by atoms with E-state index >= 15 is 0 Å². The van der Waals surface area contributed by atoms with Crippen LogP contribution in [0.25, 0.3) is 0 Å². The molecule has 0 fully saturated rings. The Balaban J connectivity index is 3.73. The molecule has 0 saturated heterocycles. The molecule has 9 nitrogen and oxygen atoms in total. The van der Waals surface area contributed by atoms with E-state index in [4.69, 9.17) is 19.3 Å². The summed E-state index contributed by atoms with van der Waals surface area (Å²) >= 11 is 1.46. The molecule has 1 amide bonds. The van der Waals surface area contributed by atoms with Gasteiger partial charge in [-0.2, -0.15) is 0 Å². The summed E-state index contributed by atoms with van der Waals surface area (Å²) in [6.07, 6.45) is 6.83. The van der Waals surface area contributed by atoms with Crippen LogP contribution in [0.5, 0.6) is 0 Å². The lowest BCUT2D eigenvalue weighted by Crippen LogP contribution is -2.33. The Morgan fingerprint density at radius 2 is 1.73 bits per heavy atom. The first-order chi connectivity index (χ1) is 15.9. The molecule has 0 aromatic heterocycles. The van der Waals surface area contributed by atoms with E-state index in [2.05, 4.69) is 21.9 Å². The number of hydrogen-bond donors (Lipinski definition) is 4. The lowest BCUT2D eigenvalue weighted by molar-refractivity contribution is -0.138. The zero-order chi connectivity index (χ0) is 24.7. The first-order valence-corrected chi connectivity index (χ1v) is 12.1. The summed E-state index contributed by atoms with van der Waals surface area (Å²) in [7, 11) is 1.60. The summed E-state index contributed by atoms with van der Waals surface area (Å²) in [5.74, 6) is -0.754. The molecule has 0 aromatic carbocycles. The Hall–Kier alpha value is -1.85. The molecule has 0 spiro atoms. The first kappa shape index (κ1) is 31.1. The molecule has 0 aliphatic rings. The van der Waals surface area contributed by atoms with Crippen molar-refractivity contribution in [3.63, 3.8) is 0 Å². The molecule has 0 heterocycles. The van der Waals surface area contributed by atoms with Crippen LogP contribution in [0.2, 0.25) is 0 Å². The van der Waals surface area contributed by atoms with Crippen LogP contribution in [-0.4, -0.2) is 76.3 Å². The van der Waals surface area contributed by atoms with E-state index in [0.717, 1.165) is 12.1 Å². The Morgan fingerprint density at radius 1 is 1.09 bits per heavy atom. The van der Waals surface area contributed by atoms with Crippen LogP contribution in [0.1, 0.15) is 33.1 Å². The minimum Gasteiger partial charge on any atom is -0.481 e. The van der Waals surface area contributed by atoms with Gasteiger partial charge in [0.1, 0.15) is 0 Å². The minimum atomic E-state index is -0.779. The smallest absolute Gasteiger partial charge is 0.303 e. The quantitative estimate of drug-likeness (QED) is 0.104. The number of carbonyl (C=O) groups excluding carboxylic acids is 1. The predicted molar refractivity (Wildman–Crippen MR) is 133 cm³/mol. The third kappa shape index (κ3) is 19.3. The van der Waals surface area contributed by atoms with Gasteiger partial charge >= 0.3 is 5.97 Å². The number of aliphatic carboxylic acids is 1. The highest BCUT2D eigenvalue weighted by Crippen LogP contribution is 2.15. The van der Waals surface area contributed by atoms with E-state index < -0.39 is 5.97 Å². The first-order valence-electron chi connectivity index (χ1n) is 11.2. The van der Waals surface area contributed by atoms with E-state index in [1.807, 2.05) is 31.4 Å². The summed E-state index contributed by atoms with van der Waals surface area (Å²) in [6, 6.07) is 0.0391. The molecule has 2 unspecified atom stereocenters. The van der Waals surface area contributed by atoms with Gasteiger partial charge in [-0.3, -0.25) is 14.3 Å². The van der Waals surface area contributed by atoms with E-state index in [0.29, 0.717) is 52.6 Å². The molecular formula is C23H41N3O6S. The Bertz CT molecular complexity index is 601. The maximum atomic E-state index is 11.0. The van der Waals surface area contributed by atoms with E-state index in [-0.39, 0.29) is 24.3 Å². The van der Waals surface area contributed by atoms with Crippen molar-refractivity contribution in [3.8, 4) is 0 Å². The second-order valence-electron chi connectivity index (χ2n) is 7.13. The van der Waals surface area contributed by atoms with E-state index in [1.54, 1.807) is 13.1 Å². The molecule has 33 heavy (non-hydrogen) atoms. The normalized spacial score (nSPS) is 13.6. The number of carboxylic acid groups (broad SMARTS) is 1. The summed E-state index contributed by atoms with van der Waals surface area (Å²) < 4.78 is 19.3. The molecule has 4 N–H and O–H groups in total. The largest absolute Gasteiger partial charge is 0.481 e. The zero-order valence-electron chi connectivity index (χ0n) is 20.1. The molecule has 0 aromatic rings. The van der Waals surface area contributed by atoms with Crippen molar-refractivity contribution in [2.24, 2.45) is 5.92 Å². The number of carboxylic acids is 1. The monoisotopic (exact) mass is 487 g/mol. The molecule has 0 saturated carbocycles. The van der Waals surface area contributed by atoms with Gasteiger partial charge in [0.2, 0.25) is 5.91 Å². The lowest BCUT2D eigenvalue weighted by atomic mass is 9.94. The van der Waals surface area contributed by atoms with Crippen molar-refractivity contribution in [3.05, 3.63) is 35.9 Å². The summed E-state index contributed by atoms with van der Waals surface area (Å²) in [5, 5.41) is 16.8. The van der Waals surface area contributed by atoms with Crippen LogP contribution < -0.4 is 15.4 Å². The topological polar surface area (TPSA) is 118 Å². The molecule has 0 radical (unpaired) electrons. The number of nitrogens with one attached hydrogen (secondary N) is 3. The number of allylic oxidation sites excluding steroid dienone is 3. The number of rotatable bonds is 22. The van der Waals surface area contributed by atoms with E-state index in [1.165, 1.54) is 11.9 Å². The van der Waals surface area contributed by atoms with Crippen LogP contribution >= 0.6 is 11.9 Å². The highest BCUT2D eigenvalue weighted by molar-refractivity contribution is 8.00. The fraction of sp³-hybridized carbons (Fsp3) is 0.652. The predicted octanol–water partition coefficient (Wildman–Crippen LogP) is 2.47. The third-order valence-electron chi connectivity index (χ3n) is 4.63. The maximum absolute atomic E-state index is 11.0. The SMILES string of the molecule is C=C/C(=C\C=C\SNCCOCCOCCOCCC(=O)NC)NC(C)C(CC)CC(=O)O. The molecular weight excluding hydrogens is 446 g/mol. The average Bonchev–Trinajstić information content (AvgIpc) is 2.80. The van der Waals surface area contributed by atoms with Crippen LogP contribution in [0.3, 0.4) is 0 Å². The zero-order valence-corrected chi connectivity index (χ0v) is 21.0. The number of ether oxygens (including phenoxy) is 3. The second-order valence-corrected chi connectivity index (χ2v) is 7.92. The minimum absolute atomic E-state index is 0.0359. The van der Waals surface area contributed by atoms with Crippen molar-refractivity contribution < 1.29 is 28.9 Å². The van der Waals surface area contributed by atoms with Gasteiger partial charge in [-0.15, -0.1) is 0 Å². The maximum Gasteiger partial charge on any atom is 0.303 e. The molecule has 0 aliphatic heterocycles.